The molecule has 1 amide bonds. The van der Waals surface area contributed by atoms with E-state index < -0.39 is 42.5 Å². The van der Waals surface area contributed by atoms with Crippen molar-refractivity contribution >= 4 is 37.3 Å². The predicted octanol–water partition coefficient (Wildman–Crippen LogP) is 7.84. The van der Waals surface area contributed by atoms with E-state index in [0.717, 1.165) is 11.4 Å². The van der Waals surface area contributed by atoms with Crippen molar-refractivity contribution in [3.8, 4) is 0 Å². The Labute approximate surface area is 246 Å². The molecule has 2 aliphatic rings. The lowest BCUT2D eigenvalue weighted by Gasteiger charge is -2.44. The number of hydrogen-bond donors (Lipinski definition) is 0. The molecule has 7 heteroatoms. The van der Waals surface area contributed by atoms with Crippen molar-refractivity contribution in [3.63, 3.8) is 0 Å². The first-order valence-corrected chi connectivity index (χ1v) is 18.2. The number of nitrogens with zero attached hydrogens (tertiary/aromatic N) is 1. The van der Waals surface area contributed by atoms with Crippen LogP contribution in [0.5, 0.6) is 0 Å². The average Bonchev–Trinajstić information content (AvgIpc) is 3.62. The molecule has 2 aromatic rings. The molecule has 6 nitrogen and oxygen atoms in total. The number of para-hydroxylation sites is 2. The minimum atomic E-state index is -2.16. The van der Waals surface area contributed by atoms with Crippen molar-refractivity contribution in [2.75, 3.05) is 4.90 Å². The van der Waals surface area contributed by atoms with Gasteiger partial charge in [-0.1, -0.05) is 56.0 Å². The van der Waals surface area contributed by atoms with Crippen LogP contribution >= 0.6 is 0 Å². The minimum absolute atomic E-state index is 0.0625. The van der Waals surface area contributed by atoms with Gasteiger partial charge >= 0.3 is 11.9 Å². The molecule has 1 spiro atoms. The fourth-order valence-electron chi connectivity index (χ4n) is 5.99. The number of benzene rings is 2. The molecule has 2 aliphatic carbocycles. The van der Waals surface area contributed by atoms with E-state index in [1.54, 1.807) is 4.90 Å². The van der Waals surface area contributed by atoms with Crippen LogP contribution in [-0.2, 0) is 23.9 Å². The maximum Gasteiger partial charge on any atom is 0.335 e. The number of rotatable bonds is 6. The third kappa shape index (κ3) is 6.66. The van der Waals surface area contributed by atoms with Crippen LogP contribution in [0.2, 0.25) is 25.2 Å². The Hall–Kier alpha value is -3.19. The molecule has 0 aliphatic heterocycles. The van der Waals surface area contributed by atoms with Crippen LogP contribution in [0.1, 0.15) is 60.8 Å². The lowest BCUT2D eigenvalue weighted by Crippen LogP contribution is -2.48. The number of carbonyl (C=O) groups is 3. The molecule has 220 valence electrons. The molecular weight excluding hydrogens is 530 g/mol. The molecular formula is C34H45NO5Si. The Kier molecular flexibility index (Phi) is 8.18. The third-order valence-electron chi connectivity index (χ3n) is 7.86. The number of carbonyl (C=O) groups excluding carboxylic acids is 3. The van der Waals surface area contributed by atoms with Crippen LogP contribution in [-0.4, -0.2) is 37.1 Å². The summed E-state index contributed by atoms with van der Waals surface area (Å²) in [4.78, 5) is 44.7. The summed E-state index contributed by atoms with van der Waals surface area (Å²) in [7, 11) is -2.16. The van der Waals surface area contributed by atoms with E-state index in [1.807, 2.05) is 102 Å². The van der Waals surface area contributed by atoms with Gasteiger partial charge in [0.15, 0.2) is 0 Å². The SMILES string of the molecule is CC(C)(C)OC(=O)C1=C(C(=O)OC(C)(C)C)C2(CC2)[C@@H](C(=O)N(c2ccccc2)c2ccccc2)C[C@H]1[Si](C)(C)C. The largest absolute Gasteiger partial charge is 0.457 e. The van der Waals surface area contributed by atoms with Crippen molar-refractivity contribution in [2.24, 2.45) is 11.3 Å². The van der Waals surface area contributed by atoms with Gasteiger partial charge in [0.25, 0.3) is 0 Å². The van der Waals surface area contributed by atoms with Crippen molar-refractivity contribution < 1.29 is 23.9 Å². The summed E-state index contributed by atoms with van der Waals surface area (Å²) in [6, 6.07) is 19.3. The zero-order chi connectivity index (χ0) is 30.4. The molecule has 4 rings (SSSR count). The summed E-state index contributed by atoms with van der Waals surface area (Å²) in [5.41, 5.74) is -0.189. The van der Waals surface area contributed by atoms with E-state index in [0.29, 0.717) is 30.4 Å². The fraction of sp³-hybridized carbons (Fsp3) is 0.500. The van der Waals surface area contributed by atoms with Crippen molar-refractivity contribution in [1.29, 1.82) is 0 Å². The Morgan fingerprint density at radius 3 is 1.59 bits per heavy atom. The molecule has 2 aromatic carbocycles. The quantitative estimate of drug-likeness (QED) is 0.259. The zero-order valence-electron chi connectivity index (χ0n) is 26.0. The van der Waals surface area contributed by atoms with Gasteiger partial charge in [-0.3, -0.25) is 9.69 Å². The molecule has 0 unspecified atom stereocenters. The van der Waals surface area contributed by atoms with Crippen LogP contribution < -0.4 is 4.90 Å². The van der Waals surface area contributed by atoms with E-state index in [4.69, 9.17) is 9.47 Å². The number of hydrogen-bond acceptors (Lipinski definition) is 5. The molecule has 0 saturated heterocycles. The highest BCUT2D eigenvalue weighted by Crippen LogP contribution is 2.66. The van der Waals surface area contributed by atoms with Gasteiger partial charge in [-0.2, -0.15) is 0 Å². The van der Waals surface area contributed by atoms with Crippen LogP contribution in [0, 0.1) is 11.3 Å². The zero-order valence-corrected chi connectivity index (χ0v) is 27.0. The van der Waals surface area contributed by atoms with Crippen LogP contribution in [0.25, 0.3) is 0 Å². The predicted molar refractivity (Wildman–Crippen MR) is 166 cm³/mol. The maximum atomic E-state index is 14.8. The second-order valence-corrected chi connectivity index (χ2v) is 19.9. The smallest absolute Gasteiger partial charge is 0.335 e. The standard InChI is InChI=1S/C34H45NO5Si/c1-32(2,3)39-30(37)27-26(41(7,8)9)22-25(34(20-21-34)28(27)31(38)40-33(4,5)6)29(36)35(23-16-12-10-13-17-23)24-18-14-11-15-19-24/h10-19,25-26H,20-22H2,1-9H3/t25-,26-/m1/s1. The van der Waals surface area contributed by atoms with E-state index >= 15 is 0 Å². The minimum Gasteiger partial charge on any atom is -0.457 e. The van der Waals surface area contributed by atoms with Crippen LogP contribution in [0.4, 0.5) is 11.4 Å². The summed E-state index contributed by atoms with van der Waals surface area (Å²) in [6.07, 6.45) is 1.77. The van der Waals surface area contributed by atoms with E-state index in [1.165, 1.54) is 0 Å². The van der Waals surface area contributed by atoms with Gasteiger partial charge < -0.3 is 9.47 Å². The van der Waals surface area contributed by atoms with Gasteiger partial charge in [-0.25, -0.2) is 9.59 Å². The van der Waals surface area contributed by atoms with E-state index in [-0.39, 0.29) is 11.4 Å². The highest BCUT2D eigenvalue weighted by Gasteiger charge is 2.64. The molecule has 0 radical (unpaired) electrons. The Bertz CT molecular complexity index is 1290. The summed E-state index contributed by atoms with van der Waals surface area (Å²) < 4.78 is 11.9. The summed E-state index contributed by atoms with van der Waals surface area (Å²) in [6.45, 7) is 17.5. The van der Waals surface area contributed by atoms with Crippen molar-refractivity contribution in [1.82, 2.24) is 0 Å². The van der Waals surface area contributed by atoms with Crippen LogP contribution in [0.3, 0.4) is 0 Å². The second kappa shape index (κ2) is 10.9. The first kappa shape index (κ1) is 30.8. The highest BCUT2D eigenvalue weighted by molar-refractivity contribution is 6.78. The van der Waals surface area contributed by atoms with E-state index in [2.05, 4.69) is 19.6 Å². The molecule has 2 atom stereocenters. The van der Waals surface area contributed by atoms with Crippen molar-refractivity contribution in [2.45, 2.75) is 97.2 Å². The van der Waals surface area contributed by atoms with Gasteiger partial charge in [0.2, 0.25) is 5.91 Å². The number of ether oxygens (including phenoxy) is 2. The molecule has 1 saturated carbocycles. The number of anilines is 2. The first-order valence-electron chi connectivity index (χ1n) is 14.6. The summed E-state index contributed by atoms with van der Waals surface area (Å²) in [5.74, 6) is -1.53. The fourth-order valence-corrected chi connectivity index (χ4v) is 8.06. The Balaban J connectivity index is 1.93. The monoisotopic (exact) mass is 575 g/mol. The van der Waals surface area contributed by atoms with Gasteiger partial charge in [0.1, 0.15) is 11.2 Å². The number of esters is 2. The second-order valence-electron chi connectivity index (χ2n) is 14.5. The molecule has 0 N–H and O–H groups in total. The maximum absolute atomic E-state index is 14.8. The number of amides is 1. The van der Waals surface area contributed by atoms with Gasteiger partial charge in [-0.05, 0) is 90.6 Å². The van der Waals surface area contributed by atoms with E-state index in [9.17, 15) is 14.4 Å². The first-order chi connectivity index (χ1) is 18.9. The van der Waals surface area contributed by atoms with Gasteiger partial charge in [-0.15, -0.1) is 0 Å². The molecule has 0 bridgehead atoms. The molecule has 0 heterocycles. The van der Waals surface area contributed by atoms with Crippen molar-refractivity contribution in [3.05, 3.63) is 71.8 Å². The molecule has 1 fully saturated rings. The Morgan fingerprint density at radius 2 is 1.20 bits per heavy atom. The van der Waals surface area contributed by atoms with Gasteiger partial charge in [0.05, 0.1) is 13.6 Å². The lowest BCUT2D eigenvalue weighted by atomic mass is 9.70. The Morgan fingerprint density at radius 1 is 0.756 bits per heavy atom. The van der Waals surface area contributed by atoms with Crippen LogP contribution in [0.15, 0.2) is 71.8 Å². The summed E-state index contributed by atoms with van der Waals surface area (Å²) in [5, 5.41) is 0. The lowest BCUT2D eigenvalue weighted by molar-refractivity contribution is -0.155. The molecule has 0 aromatic heterocycles. The summed E-state index contributed by atoms with van der Waals surface area (Å²) >= 11 is 0. The highest BCUT2D eigenvalue weighted by atomic mass is 28.3. The normalized spacial score (nSPS) is 20.4. The third-order valence-corrected chi connectivity index (χ3v) is 10.5. The average molecular weight is 576 g/mol. The molecule has 41 heavy (non-hydrogen) atoms. The topological polar surface area (TPSA) is 72.9 Å². The van der Waals surface area contributed by atoms with Gasteiger partial charge in [0, 0.05) is 28.3 Å².